The number of fused-ring (bicyclic) bond motifs is 5. The Morgan fingerprint density at radius 3 is 2.75 bits per heavy atom. The normalized spacial score (nSPS) is 54.6. The first-order valence-electron chi connectivity index (χ1n) is 8.66. The molecule has 0 aromatic rings. The van der Waals surface area contributed by atoms with Crippen LogP contribution in [0.15, 0.2) is 11.6 Å². The number of aliphatic hydroxyl groups excluding tert-OH is 2. The van der Waals surface area contributed by atoms with Gasteiger partial charge in [0.15, 0.2) is 0 Å². The van der Waals surface area contributed by atoms with Gasteiger partial charge in [0.05, 0.1) is 12.2 Å². The van der Waals surface area contributed by atoms with Gasteiger partial charge in [-0.25, -0.2) is 0 Å². The van der Waals surface area contributed by atoms with Crippen molar-refractivity contribution in [2.75, 3.05) is 0 Å². The summed E-state index contributed by atoms with van der Waals surface area (Å²) in [5.41, 5.74) is 1.73. The topological polar surface area (TPSA) is 40.5 Å². The number of rotatable bonds is 0. The quantitative estimate of drug-likeness (QED) is 0.667. The average molecular weight is 276 g/mol. The van der Waals surface area contributed by atoms with E-state index in [-0.39, 0.29) is 17.6 Å². The third-order valence-electron chi connectivity index (χ3n) is 7.38. The van der Waals surface area contributed by atoms with Crippen molar-refractivity contribution in [3.63, 3.8) is 0 Å². The standard InChI is InChI=1S/C18H28O2/c1-18-10-9-13-12(14(18)7-8-16(18)20)6-5-11-3-2-4-15(19)17(11)13/h3,12-17,19-20H,2,4-10H2,1H3/t12-,13+,14+,15+,16+,17+,18+/m1/s1. The van der Waals surface area contributed by atoms with Gasteiger partial charge in [0.2, 0.25) is 0 Å². The second-order valence-electron chi connectivity index (χ2n) is 8.06. The fraction of sp³-hybridized carbons (Fsp3) is 0.889. The molecule has 2 N–H and O–H groups in total. The molecule has 0 saturated heterocycles. The summed E-state index contributed by atoms with van der Waals surface area (Å²) in [7, 11) is 0. The Labute approximate surface area is 122 Å². The van der Waals surface area contributed by atoms with Gasteiger partial charge in [-0.2, -0.15) is 0 Å². The van der Waals surface area contributed by atoms with Crippen molar-refractivity contribution in [2.24, 2.45) is 29.1 Å². The Morgan fingerprint density at radius 2 is 1.90 bits per heavy atom. The molecular weight excluding hydrogens is 248 g/mol. The molecule has 4 rings (SSSR count). The summed E-state index contributed by atoms with van der Waals surface area (Å²) in [6.07, 6.45) is 11.4. The molecule has 112 valence electrons. The molecule has 2 nitrogen and oxygen atoms in total. The SMILES string of the molecule is C[C@]12CC[C@H]3[C@@H](CCC4=CCC[C@H](O)[C@@H]43)[C@@H]1CC[C@@H]2O. The van der Waals surface area contributed by atoms with E-state index >= 15 is 0 Å². The largest absolute Gasteiger partial charge is 0.393 e. The lowest BCUT2D eigenvalue weighted by molar-refractivity contribution is -0.0713. The summed E-state index contributed by atoms with van der Waals surface area (Å²) < 4.78 is 0. The molecule has 0 heterocycles. The van der Waals surface area contributed by atoms with Gasteiger partial charge in [0, 0.05) is 5.92 Å². The van der Waals surface area contributed by atoms with Crippen LogP contribution in [-0.4, -0.2) is 22.4 Å². The van der Waals surface area contributed by atoms with Gasteiger partial charge in [-0.05, 0) is 74.5 Å². The molecule has 0 aromatic carbocycles. The summed E-state index contributed by atoms with van der Waals surface area (Å²) in [6, 6.07) is 0. The maximum absolute atomic E-state index is 10.5. The van der Waals surface area contributed by atoms with Crippen molar-refractivity contribution >= 4 is 0 Å². The maximum atomic E-state index is 10.5. The van der Waals surface area contributed by atoms with Gasteiger partial charge in [-0.1, -0.05) is 18.6 Å². The van der Waals surface area contributed by atoms with E-state index in [0.29, 0.717) is 17.8 Å². The van der Waals surface area contributed by atoms with Crippen LogP contribution >= 0.6 is 0 Å². The maximum Gasteiger partial charge on any atom is 0.0611 e. The molecule has 0 spiro atoms. The molecule has 7 atom stereocenters. The van der Waals surface area contributed by atoms with E-state index in [4.69, 9.17) is 0 Å². The number of aliphatic hydroxyl groups is 2. The highest BCUT2D eigenvalue weighted by Crippen LogP contribution is 2.61. The predicted octanol–water partition coefficient (Wildman–Crippen LogP) is 3.28. The second-order valence-corrected chi connectivity index (χ2v) is 8.06. The predicted molar refractivity (Wildman–Crippen MR) is 79.1 cm³/mol. The van der Waals surface area contributed by atoms with Crippen LogP contribution in [0.1, 0.15) is 58.3 Å². The molecule has 3 saturated carbocycles. The minimum atomic E-state index is -0.0986. The van der Waals surface area contributed by atoms with Crippen molar-refractivity contribution in [1.82, 2.24) is 0 Å². The molecule has 0 bridgehead atoms. The van der Waals surface area contributed by atoms with Crippen molar-refractivity contribution < 1.29 is 10.2 Å². The average Bonchev–Trinajstić information content (AvgIpc) is 2.75. The fourth-order valence-corrected chi connectivity index (χ4v) is 6.32. The van der Waals surface area contributed by atoms with Crippen LogP contribution < -0.4 is 0 Å². The van der Waals surface area contributed by atoms with E-state index in [2.05, 4.69) is 13.0 Å². The van der Waals surface area contributed by atoms with E-state index in [1.54, 1.807) is 5.57 Å². The van der Waals surface area contributed by atoms with Crippen molar-refractivity contribution in [2.45, 2.75) is 70.5 Å². The zero-order chi connectivity index (χ0) is 13.9. The van der Waals surface area contributed by atoms with Crippen molar-refractivity contribution in [3.8, 4) is 0 Å². The van der Waals surface area contributed by atoms with Gasteiger partial charge >= 0.3 is 0 Å². The monoisotopic (exact) mass is 276 g/mol. The lowest BCUT2D eigenvalue weighted by Gasteiger charge is -2.54. The van der Waals surface area contributed by atoms with Gasteiger partial charge < -0.3 is 10.2 Å². The van der Waals surface area contributed by atoms with Crippen molar-refractivity contribution in [1.29, 1.82) is 0 Å². The summed E-state index contributed by atoms with van der Waals surface area (Å²) in [5.74, 6) is 2.59. The van der Waals surface area contributed by atoms with E-state index < -0.39 is 0 Å². The Morgan fingerprint density at radius 1 is 1.05 bits per heavy atom. The van der Waals surface area contributed by atoms with Crippen LogP contribution in [0.25, 0.3) is 0 Å². The number of hydrogen-bond donors (Lipinski definition) is 2. The number of allylic oxidation sites excluding steroid dienone is 1. The summed E-state index contributed by atoms with van der Waals surface area (Å²) in [5, 5.41) is 20.9. The molecule has 3 fully saturated rings. The minimum absolute atomic E-state index is 0.0818. The molecule has 2 heteroatoms. The molecule has 4 aliphatic rings. The van der Waals surface area contributed by atoms with E-state index in [0.717, 1.165) is 31.6 Å². The molecule has 0 aromatic heterocycles. The first-order chi connectivity index (χ1) is 9.61. The van der Waals surface area contributed by atoms with E-state index in [1.807, 2.05) is 0 Å². The highest BCUT2D eigenvalue weighted by atomic mass is 16.3. The van der Waals surface area contributed by atoms with Gasteiger partial charge in [-0.3, -0.25) is 0 Å². The molecule has 0 unspecified atom stereocenters. The summed E-state index contributed by atoms with van der Waals surface area (Å²) >= 11 is 0. The third-order valence-corrected chi connectivity index (χ3v) is 7.38. The van der Waals surface area contributed by atoms with E-state index in [9.17, 15) is 10.2 Å². The van der Waals surface area contributed by atoms with Crippen LogP contribution in [-0.2, 0) is 0 Å². The first kappa shape index (κ1) is 13.3. The second kappa shape index (κ2) is 4.58. The first-order valence-corrected chi connectivity index (χ1v) is 8.66. The van der Waals surface area contributed by atoms with Crippen LogP contribution in [0.5, 0.6) is 0 Å². The van der Waals surface area contributed by atoms with Gasteiger partial charge in [-0.15, -0.1) is 0 Å². The molecule has 0 radical (unpaired) electrons. The van der Waals surface area contributed by atoms with Crippen LogP contribution in [0.3, 0.4) is 0 Å². The molecule has 20 heavy (non-hydrogen) atoms. The molecule has 0 aliphatic heterocycles. The lowest BCUT2D eigenvalue weighted by atomic mass is 9.52. The Balaban J connectivity index is 1.65. The highest BCUT2D eigenvalue weighted by Gasteiger charge is 2.56. The minimum Gasteiger partial charge on any atom is -0.393 e. The zero-order valence-electron chi connectivity index (χ0n) is 12.6. The third kappa shape index (κ3) is 1.70. The number of hydrogen-bond acceptors (Lipinski definition) is 2. The van der Waals surface area contributed by atoms with Crippen LogP contribution in [0.2, 0.25) is 0 Å². The zero-order valence-corrected chi connectivity index (χ0v) is 12.6. The summed E-state index contributed by atoms with van der Waals surface area (Å²) in [6.45, 7) is 2.33. The van der Waals surface area contributed by atoms with Crippen LogP contribution in [0, 0.1) is 29.1 Å². The Kier molecular flexibility index (Phi) is 3.05. The van der Waals surface area contributed by atoms with Gasteiger partial charge in [0.25, 0.3) is 0 Å². The smallest absolute Gasteiger partial charge is 0.0611 e. The molecular formula is C18H28O2. The van der Waals surface area contributed by atoms with Gasteiger partial charge in [0.1, 0.15) is 0 Å². The molecule has 0 amide bonds. The van der Waals surface area contributed by atoms with Crippen molar-refractivity contribution in [3.05, 3.63) is 11.6 Å². The Bertz CT molecular complexity index is 429. The highest BCUT2D eigenvalue weighted by molar-refractivity contribution is 5.20. The van der Waals surface area contributed by atoms with E-state index in [1.165, 1.54) is 25.7 Å². The Hall–Kier alpha value is -0.340. The van der Waals surface area contributed by atoms with Crippen LogP contribution in [0.4, 0.5) is 0 Å². The lowest BCUT2D eigenvalue weighted by Crippen LogP contribution is -2.49. The summed E-state index contributed by atoms with van der Waals surface area (Å²) in [4.78, 5) is 0. The fourth-order valence-electron chi connectivity index (χ4n) is 6.32. The molecule has 4 aliphatic carbocycles.